The van der Waals surface area contributed by atoms with Crippen LogP contribution in [-0.2, 0) is 4.79 Å². The molecule has 7 heteroatoms. The number of nitrogens with two attached hydrogens (primary N) is 1. The average Bonchev–Trinajstić information content (AvgIpc) is 2.59. The van der Waals surface area contributed by atoms with Crippen molar-refractivity contribution in [3.05, 3.63) is 52.7 Å². The van der Waals surface area contributed by atoms with Crippen LogP contribution >= 0.6 is 0 Å². The number of primary amides is 1. The molecule has 1 aromatic heterocycles. The summed E-state index contributed by atoms with van der Waals surface area (Å²) in [6.45, 7) is 2.00. The van der Waals surface area contributed by atoms with Gasteiger partial charge in [0.25, 0.3) is 5.91 Å². The molecular weight excluding hydrogens is 308 g/mol. The van der Waals surface area contributed by atoms with Gasteiger partial charge in [0.2, 0.25) is 5.91 Å². The van der Waals surface area contributed by atoms with Crippen molar-refractivity contribution in [2.45, 2.75) is 32.2 Å². The molecule has 24 heavy (non-hydrogen) atoms. The van der Waals surface area contributed by atoms with Crippen LogP contribution in [0.1, 0.15) is 36.5 Å². The summed E-state index contributed by atoms with van der Waals surface area (Å²) in [5.41, 5.74) is 6.89. The largest absolute Gasteiger partial charge is 0.368 e. The minimum atomic E-state index is -0.666. The van der Waals surface area contributed by atoms with E-state index in [2.05, 4.69) is 15.3 Å². The highest BCUT2D eigenvalue weighted by Crippen LogP contribution is 2.17. The zero-order valence-electron chi connectivity index (χ0n) is 13.4. The van der Waals surface area contributed by atoms with Crippen molar-refractivity contribution in [1.82, 2.24) is 15.3 Å². The number of aromatic amines is 1. The Morgan fingerprint density at radius 3 is 2.50 bits per heavy atom. The number of nitrogens with one attached hydrogen (secondary N) is 2. The van der Waals surface area contributed by atoms with Crippen molar-refractivity contribution < 1.29 is 9.59 Å². The van der Waals surface area contributed by atoms with Gasteiger partial charge < -0.3 is 16.0 Å². The number of nitrogens with zero attached hydrogens (tertiary/aromatic N) is 1. The molecule has 0 bridgehead atoms. The molecule has 0 radical (unpaired) electrons. The summed E-state index contributed by atoms with van der Waals surface area (Å²) in [6.07, 6.45) is 5.27. The van der Waals surface area contributed by atoms with Crippen molar-refractivity contribution >= 4 is 11.8 Å². The summed E-state index contributed by atoms with van der Waals surface area (Å²) < 4.78 is 0. The molecule has 0 saturated carbocycles. The maximum atomic E-state index is 12.2. The maximum absolute atomic E-state index is 12.2. The second kappa shape index (κ2) is 8.05. The average molecular weight is 328 g/mol. The lowest BCUT2D eigenvalue weighted by molar-refractivity contribution is -0.120. The first-order valence-electron chi connectivity index (χ1n) is 7.76. The molecule has 126 valence electrons. The van der Waals surface area contributed by atoms with E-state index in [0.29, 0.717) is 12.0 Å². The normalized spacial score (nSPS) is 11.7. The van der Waals surface area contributed by atoms with Crippen molar-refractivity contribution in [3.63, 3.8) is 0 Å². The molecule has 2 amide bonds. The third-order valence-electron chi connectivity index (χ3n) is 3.65. The summed E-state index contributed by atoms with van der Waals surface area (Å²) in [5, 5.41) is 2.66. The maximum Gasteiger partial charge on any atom is 0.344 e. The smallest absolute Gasteiger partial charge is 0.344 e. The first-order chi connectivity index (χ1) is 11.5. The third kappa shape index (κ3) is 4.52. The van der Waals surface area contributed by atoms with E-state index in [1.807, 2.05) is 6.92 Å². The molecular formula is C17H20N4O3. The van der Waals surface area contributed by atoms with Crippen LogP contribution in [0.5, 0.6) is 0 Å². The lowest BCUT2D eigenvalue weighted by Crippen LogP contribution is -2.44. The van der Waals surface area contributed by atoms with E-state index in [-0.39, 0.29) is 5.91 Å². The summed E-state index contributed by atoms with van der Waals surface area (Å²) in [6, 6.07) is 6.12. The van der Waals surface area contributed by atoms with Crippen LogP contribution in [0.25, 0.3) is 11.1 Å². The van der Waals surface area contributed by atoms with Crippen LogP contribution in [0.3, 0.4) is 0 Å². The molecule has 2 aromatic rings. The lowest BCUT2D eigenvalue weighted by atomic mass is 10.1. The van der Waals surface area contributed by atoms with Gasteiger partial charge in [0.05, 0.1) is 0 Å². The van der Waals surface area contributed by atoms with E-state index in [9.17, 15) is 14.4 Å². The van der Waals surface area contributed by atoms with Crippen LogP contribution < -0.4 is 16.7 Å². The molecule has 0 aliphatic heterocycles. The molecule has 1 heterocycles. The second-order valence-electron chi connectivity index (χ2n) is 5.46. The quantitative estimate of drug-likeness (QED) is 0.708. The van der Waals surface area contributed by atoms with Crippen LogP contribution in [0.15, 0.2) is 41.5 Å². The molecule has 2 rings (SSSR count). The van der Waals surface area contributed by atoms with Crippen LogP contribution in [0, 0.1) is 0 Å². The van der Waals surface area contributed by atoms with Gasteiger partial charge in [-0.05, 0) is 24.1 Å². The fourth-order valence-electron chi connectivity index (χ4n) is 2.25. The zero-order valence-corrected chi connectivity index (χ0v) is 13.4. The zero-order chi connectivity index (χ0) is 17.5. The second-order valence-corrected chi connectivity index (χ2v) is 5.46. The van der Waals surface area contributed by atoms with Crippen LogP contribution in [-0.4, -0.2) is 27.8 Å². The van der Waals surface area contributed by atoms with Crippen molar-refractivity contribution in [1.29, 1.82) is 0 Å². The van der Waals surface area contributed by atoms with Gasteiger partial charge in [-0.15, -0.1) is 0 Å². The number of carbonyl (C=O) groups excluding carboxylic acids is 2. The number of hydrogen-bond acceptors (Lipinski definition) is 4. The molecule has 1 unspecified atom stereocenters. The number of amides is 2. The third-order valence-corrected chi connectivity index (χ3v) is 3.65. The SMILES string of the molecule is CCCCC(NC(=O)c1ccc(-c2cnc(=O)[nH]c2)cc1)C(N)=O. The standard InChI is InChI=1S/C17H20N4O3/c1-2-3-4-14(15(18)22)21-16(23)12-7-5-11(6-8-12)13-9-19-17(24)20-10-13/h5-10,14H,2-4H2,1H3,(H2,18,22)(H,21,23)(H,19,20,24). The van der Waals surface area contributed by atoms with Crippen molar-refractivity contribution in [2.24, 2.45) is 5.73 Å². The van der Waals surface area contributed by atoms with Gasteiger partial charge in [-0.25, -0.2) is 9.78 Å². The first-order valence-corrected chi connectivity index (χ1v) is 7.76. The van der Waals surface area contributed by atoms with Crippen LogP contribution in [0.4, 0.5) is 0 Å². The van der Waals surface area contributed by atoms with Crippen molar-refractivity contribution in [2.75, 3.05) is 0 Å². The Morgan fingerprint density at radius 1 is 1.25 bits per heavy atom. The van der Waals surface area contributed by atoms with E-state index < -0.39 is 17.6 Å². The highest BCUT2D eigenvalue weighted by atomic mass is 16.2. The van der Waals surface area contributed by atoms with Gasteiger partial charge in [0.15, 0.2) is 0 Å². The topological polar surface area (TPSA) is 118 Å². The Morgan fingerprint density at radius 2 is 1.96 bits per heavy atom. The number of hydrogen-bond donors (Lipinski definition) is 3. The van der Waals surface area contributed by atoms with Crippen molar-refractivity contribution in [3.8, 4) is 11.1 Å². The predicted molar refractivity (Wildman–Crippen MR) is 90.3 cm³/mol. The highest BCUT2D eigenvalue weighted by Gasteiger charge is 2.18. The molecule has 0 fully saturated rings. The van der Waals surface area contributed by atoms with E-state index >= 15 is 0 Å². The minimum Gasteiger partial charge on any atom is -0.368 e. The van der Waals surface area contributed by atoms with Gasteiger partial charge in [-0.3, -0.25) is 9.59 Å². The Labute approximate surface area is 139 Å². The van der Waals surface area contributed by atoms with Crippen LogP contribution in [0.2, 0.25) is 0 Å². The predicted octanol–water partition coefficient (Wildman–Crippen LogP) is 1.21. The summed E-state index contributed by atoms with van der Waals surface area (Å²) in [5.74, 6) is -0.881. The van der Waals surface area contributed by atoms with Gasteiger partial charge >= 0.3 is 5.69 Å². The van der Waals surface area contributed by atoms with Gasteiger partial charge in [-0.1, -0.05) is 31.9 Å². The molecule has 0 aliphatic carbocycles. The van der Waals surface area contributed by atoms with Gasteiger partial charge in [0, 0.05) is 23.5 Å². The number of aromatic nitrogens is 2. The first kappa shape index (κ1) is 17.4. The van der Waals surface area contributed by atoms with E-state index in [1.54, 1.807) is 30.5 Å². The fourth-order valence-corrected chi connectivity index (χ4v) is 2.25. The fraction of sp³-hybridized carbons (Fsp3) is 0.294. The number of unbranched alkanes of at least 4 members (excludes halogenated alkanes) is 1. The number of carbonyl (C=O) groups is 2. The molecule has 1 aromatic carbocycles. The minimum absolute atomic E-state index is 0.346. The Bertz CT molecular complexity index is 748. The van der Waals surface area contributed by atoms with Gasteiger partial charge in [0.1, 0.15) is 6.04 Å². The molecule has 1 atom stereocenters. The molecule has 0 aliphatic rings. The lowest BCUT2D eigenvalue weighted by Gasteiger charge is -2.15. The van der Waals surface area contributed by atoms with E-state index in [4.69, 9.17) is 5.73 Å². The number of benzene rings is 1. The summed E-state index contributed by atoms with van der Waals surface area (Å²) >= 11 is 0. The summed E-state index contributed by atoms with van der Waals surface area (Å²) in [4.78, 5) is 40.8. The van der Waals surface area contributed by atoms with E-state index in [0.717, 1.165) is 24.0 Å². The molecule has 7 nitrogen and oxygen atoms in total. The monoisotopic (exact) mass is 328 g/mol. The van der Waals surface area contributed by atoms with Gasteiger partial charge in [-0.2, -0.15) is 0 Å². The molecule has 4 N–H and O–H groups in total. The Kier molecular flexibility index (Phi) is 5.83. The summed E-state index contributed by atoms with van der Waals surface area (Å²) in [7, 11) is 0. The Balaban J connectivity index is 2.09. The molecule has 0 saturated heterocycles. The Hall–Kier alpha value is -2.96. The molecule has 0 spiro atoms. The number of rotatable bonds is 7. The highest BCUT2D eigenvalue weighted by molar-refractivity contribution is 5.97. The number of H-pyrrole nitrogens is 1. The van der Waals surface area contributed by atoms with E-state index in [1.165, 1.54) is 6.20 Å².